The van der Waals surface area contributed by atoms with Crippen LogP contribution in [0, 0.1) is 0 Å². The van der Waals surface area contributed by atoms with Crippen molar-refractivity contribution in [1.29, 1.82) is 0 Å². The molecule has 2 aliphatic heterocycles. The maximum Gasteiger partial charge on any atom is 0.338 e. The maximum absolute atomic E-state index is 12.3. The summed E-state index contributed by atoms with van der Waals surface area (Å²) in [5.41, 5.74) is 0.498. The minimum atomic E-state index is -0.583. The molecule has 26 heavy (non-hydrogen) atoms. The summed E-state index contributed by atoms with van der Waals surface area (Å²) in [6.45, 7) is 6.28. The summed E-state index contributed by atoms with van der Waals surface area (Å²) >= 11 is 0. The van der Waals surface area contributed by atoms with E-state index in [1.54, 1.807) is 24.3 Å². The minimum Gasteiger partial charge on any atom is -0.454 e. The highest BCUT2D eigenvalue weighted by molar-refractivity contribution is 5.89. The molecule has 0 amide bonds. The van der Waals surface area contributed by atoms with Crippen LogP contribution in [0.5, 0.6) is 0 Å². The highest BCUT2D eigenvalue weighted by Gasteiger charge is 2.33. The molecule has 7 nitrogen and oxygen atoms in total. The fourth-order valence-corrected chi connectivity index (χ4v) is 2.58. The van der Waals surface area contributed by atoms with Crippen LogP contribution in [0.15, 0.2) is 30.3 Å². The molecule has 0 aliphatic carbocycles. The van der Waals surface area contributed by atoms with E-state index in [0.717, 1.165) is 6.61 Å². The Morgan fingerprint density at radius 2 is 1.77 bits per heavy atom. The predicted molar refractivity (Wildman–Crippen MR) is 91.9 cm³/mol. The largest absolute Gasteiger partial charge is 0.454 e. The van der Waals surface area contributed by atoms with Crippen LogP contribution >= 0.6 is 0 Å². The fraction of sp³-hybridized carbons (Fsp3) is 0.632. The summed E-state index contributed by atoms with van der Waals surface area (Å²) in [5, 5.41) is 0. The van der Waals surface area contributed by atoms with E-state index in [9.17, 15) is 4.79 Å². The zero-order valence-electron chi connectivity index (χ0n) is 15.2. The minimum absolute atomic E-state index is 0.128. The molecule has 2 fully saturated rings. The lowest BCUT2D eigenvalue weighted by Gasteiger charge is -2.20. The summed E-state index contributed by atoms with van der Waals surface area (Å²) in [5.74, 6) is -0.979. The Morgan fingerprint density at radius 3 is 2.35 bits per heavy atom. The van der Waals surface area contributed by atoms with E-state index in [-0.39, 0.29) is 25.4 Å². The summed E-state index contributed by atoms with van der Waals surface area (Å²) in [7, 11) is 0. The van der Waals surface area contributed by atoms with Crippen molar-refractivity contribution in [2.75, 3.05) is 39.6 Å². The van der Waals surface area contributed by atoms with Crippen LogP contribution in [0.3, 0.4) is 0 Å². The zero-order valence-corrected chi connectivity index (χ0v) is 15.2. The Kier molecular flexibility index (Phi) is 6.61. The normalized spacial score (nSPS) is 25.0. The molecular formula is C19H26O7. The highest BCUT2D eigenvalue weighted by Crippen LogP contribution is 2.22. The Hall–Kier alpha value is -1.51. The molecule has 0 N–H and O–H groups in total. The molecule has 0 radical (unpaired) electrons. The van der Waals surface area contributed by atoms with E-state index in [1.807, 2.05) is 19.9 Å². The maximum atomic E-state index is 12.3. The van der Waals surface area contributed by atoms with Crippen molar-refractivity contribution in [3.8, 4) is 0 Å². The molecule has 3 unspecified atom stereocenters. The number of benzene rings is 1. The topological polar surface area (TPSA) is 75.8 Å². The van der Waals surface area contributed by atoms with Crippen LogP contribution in [0.1, 0.15) is 24.2 Å². The van der Waals surface area contributed by atoms with Gasteiger partial charge < -0.3 is 28.4 Å². The second-order valence-electron chi connectivity index (χ2n) is 6.87. The quantitative estimate of drug-likeness (QED) is 0.462. The SMILES string of the molecule is CC1(C)OCC(COCC(COCC2CO2)OC(=O)c2ccccc2)O1. The average molecular weight is 366 g/mol. The first-order valence-electron chi connectivity index (χ1n) is 8.87. The van der Waals surface area contributed by atoms with Gasteiger partial charge in [-0.05, 0) is 26.0 Å². The molecule has 2 saturated heterocycles. The molecule has 3 rings (SSSR count). The predicted octanol–water partition coefficient (Wildman–Crippen LogP) is 1.80. The Labute approximate surface area is 153 Å². The second-order valence-corrected chi connectivity index (χ2v) is 6.87. The first-order valence-corrected chi connectivity index (χ1v) is 8.87. The summed E-state index contributed by atoms with van der Waals surface area (Å²) in [4.78, 5) is 12.3. The van der Waals surface area contributed by atoms with Crippen molar-refractivity contribution in [2.45, 2.75) is 37.9 Å². The van der Waals surface area contributed by atoms with Gasteiger partial charge >= 0.3 is 5.97 Å². The summed E-state index contributed by atoms with van der Waals surface area (Å²) in [6.07, 6.45) is -0.472. The number of carbonyl (C=O) groups is 1. The third-order valence-corrected chi connectivity index (χ3v) is 3.97. The molecule has 3 atom stereocenters. The molecule has 1 aromatic rings. The van der Waals surface area contributed by atoms with E-state index < -0.39 is 17.9 Å². The van der Waals surface area contributed by atoms with Crippen molar-refractivity contribution in [3.05, 3.63) is 35.9 Å². The molecule has 1 aromatic carbocycles. The number of epoxide rings is 1. The molecular weight excluding hydrogens is 340 g/mol. The average Bonchev–Trinajstić information content (AvgIpc) is 3.38. The lowest BCUT2D eigenvalue weighted by molar-refractivity contribution is -0.147. The molecule has 0 aromatic heterocycles. The van der Waals surface area contributed by atoms with E-state index in [4.69, 9.17) is 28.4 Å². The highest BCUT2D eigenvalue weighted by atomic mass is 16.7. The van der Waals surface area contributed by atoms with Crippen LogP contribution in [0.25, 0.3) is 0 Å². The first kappa shape index (κ1) is 19.3. The zero-order chi connectivity index (χ0) is 18.4. The molecule has 0 saturated carbocycles. The molecule has 2 heterocycles. The van der Waals surface area contributed by atoms with Gasteiger partial charge in [0, 0.05) is 0 Å². The van der Waals surface area contributed by atoms with Gasteiger partial charge in [0.05, 0.1) is 45.2 Å². The van der Waals surface area contributed by atoms with Gasteiger partial charge in [-0.3, -0.25) is 0 Å². The lowest BCUT2D eigenvalue weighted by atomic mass is 10.2. The van der Waals surface area contributed by atoms with Crippen LogP contribution in [-0.4, -0.2) is 69.7 Å². The van der Waals surface area contributed by atoms with Crippen LogP contribution in [0.4, 0.5) is 0 Å². The first-order chi connectivity index (χ1) is 12.5. The van der Waals surface area contributed by atoms with E-state index >= 15 is 0 Å². The smallest absolute Gasteiger partial charge is 0.338 e. The number of ether oxygens (including phenoxy) is 6. The summed E-state index contributed by atoms with van der Waals surface area (Å²) < 4.78 is 33.1. The van der Waals surface area contributed by atoms with Crippen LogP contribution in [-0.2, 0) is 28.4 Å². The van der Waals surface area contributed by atoms with Gasteiger partial charge in [-0.1, -0.05) is 18.2 Å². The van der Waals surface area contributed by atoms with Gasteiger partial charge in [-0.2, -0.15) is 0 Å². The number of esters is 1. The number of carbonyl (C=O) groups excluding carboxylic acids is 1. The van der Waals surface area contributed by atoms with Gasteiger partial charge in [0.2, 0.25) is 0 Å². The standard InChI is InChI=1S/C19H26O7/c1-19(2)24-13-17(26-19)11-22-10-16(9-21-8-15-12-23-15)25-18(20)14-6-4-3-5-7-14/h3-7,15-17H,8-13H2,1-2H3. The monoisotopic (exact) mass is 366 g/mol. The van der Waals surface area contributed by atoms with Gasteiger partial charge in [-0.15, -0.1) is 0 Å². The fourth-order valence-electron chi connectivity index (χ4n) is 2.58. The number of hydrogen-bond acceptors (Lipinski definition) is 7. The number of rotatable bonds is 10. The van der Waals surface area contributed by atoms with Crippen molar-refractivity contribution in [3.63, 3.8) is 0 Å². The molecule has 0 spiro atoms. The van der Waals surface area contributed by atoms with Crippen molar-refractivity contribution >= 4 is 5.97 Å². The molecule has 2 aliphatic rings. The molecule has 0 bridgehead atoms. The van der Waals surface area contributed by atoms with Crippen LogP contribution < -0.4 is 0 Å². The van der Waals surface area contributed by atoms with E-state index in [0.29, 0.717) is 25.4 Å². The van der Waals surface area contributed by atoms with Crippen molar-refractivity contribution in [2.24, 2.45) is 0 Å². The Bertz CT molecular complexity index is 571. The van der Waals surface area contributed by atoms with Gasteiger partial charge in [0.15, 0.2) is 5.79 Å². The molecule has 7 heteroatoms. The lowest BCUT2D eigenvalue weighted by Crippen LogP contribution is -2.31. The van der Waals surface area contributed by atoms with Gasteiger partial charge in [0.1, 0.15) is 18.3 Å². The summed E-state index contributed by atoms with van der Waals surface area (Å²) in [6, 6.07) is 8.86. The third kappa shape index (κ3) is 6.34. The molecule has 144 valence electrons. The van der Waals surface area contributed by atoms with E-state index in [2.05, 4.69) is 0 Å². The Morgan fingerprint density at radius 1 is 1.12 bits per heavy atom. The number of hydrogen-bond donors (Lipinski definition) is 0. The van der Waals surface area contributed by atoms with Crippen molar-refractivity contribution < 1.29 is 33.2 Å². The van der Waals surface area contributed by atoms with Gasteiger partial charge in [-0.25, -0.2) is 4.79 Å². The van der Waals surface area contributed by atoms with Crippen LogP contribution in [0.2, 0.25) is 0 Å². The van der Waals surface area contributed by atoms with E-state index in [1.165, 1.54) is 0 Å². The Balaban J connectivity index is 1.45. The van der Waals surface area contributed by atoms with Crippen molar-refractivity contribution in [1.82, 2.24) is 0 Å². The third-order valence-electron chi connectivity index (χ3n) is 3.97. The second kappa shape index (κ2) is 8.92. The van der Waals surface area contributed by atoms with Gasteiger partial charge in [0.25, 0.3) is 0 Å².